The molecule has 1 atom stereocenters. The standard InChI is InChI=1S/C24H24N6O3S/c25-23-22-21(17-7-9-19(10-8-17)33-18-4-2-1-3-5-18)20-11-6-16(12-13-29-34(26,31)32)14-30(20)24(22)28-15-27-23/h1-5,7-10,12-13,15-16,29H,6,11,14H2,(H2,25,27,28)(H2,26,31,32)/t16-/m1/s1. The molecule has 0 amide bonds. The Labute approximate surface area is 197 Å². The van der Waals surface area contributed by atoms with Crippen molar-refractivity contribution in [3.05, 3.63) is 78.9 Å². The van der Waals surface area contributed by atoms with Gasteiger partial charge in [-0.1, -0.05) is 36.4 Å². The van der Waals surface area contributed by atoms with Crippen LogP contribution in [0.1, 0.15) is 12.1 Å². The summed E-state index contributed by atoms with van der Waals surface area (Å²) >= 11 is 0. The second-order valence-corrected chi connectivity index (χ2v) is 9.48. The van der Waals surface area contributed by atoms with Gasteiger partial charge in [0.2, 0.25) is 0 Å². The Kier molecular flexibility index (Phi) is 5.68. The highest BCUT2D eigenvalue weighted by molar-refractivity contribution is 7.87. The SMILES string of the molecule is Nc1ncnc2c1c(-c1ccc(Oc3ccccc3)cc1)c1n2C[C@@H](C=CNS(N)(=O)=O)CC1. The Bertz CT molecular complexity index is 1460. The fourth-order valence-electron chi connectivity index (χ4n) is 4.40. The molecule has 4 aromatic rings. The number of rotatable bonds is 6. The van der Waals surface area contributed by atoms with Crippen LogP contribution in [0.25, 0.3) is 22.2 Å². The summed E-state index contributed by atoms with van der Waals surface area (Å²) in [5.41, 5.74) is 10.2. The zero-order valence-corrected chi connectivity index (χ0v) is 19.1. The van der Waals surface area contributed by atoms with E-state index in [1.54, 1.807) is 0 Å². The lowest BCUT2D eigenvalue weighted by molar-refractivity contribution is 0.444. The Morgan fingerprint density at radius 1 is 1.06 bits per heavy atom. The highest BCUT2D eigenvalue weighted by atomic mass is 32.2. The van der Waals surface area contributed by atoms with Crippen LogP contribution < -0.4 is 20.3 Å². The lowest BCUT2D eigenvalue weighted by Gasteiger charge is -2.23. The van der Waals surface area contributed by atoms with Crippen molar-refractivity contribution in [1.29, 1.82) is 0 Å². The smallest absolute Gasteiger partial charge is 0.296 e. The molecule has 5 N–H and O–H groups in total. The molecular weight excluding hydrogens is 452 g/mol. The summed E-state index contributed by atoms with van der Waals surface area (Å²) in [5, 5.41) is 5.83. The lowest BCUT2D eigenvalue weighted by Crippen LogP contribution is -2.27. The highest BCUT2D eigenvalue weighted by Crippen LogP contribution is 2.40. The first-order valence-corrected chi connectivity index (χ1v) is 12.4. The lowest BCUT2D eigenvalue weighted by atomic mass is 9.94. The van der Waals surface area contributed by atoms with Crippen LogP contribution in [0.4, 0.5) is 5.82 Å². The van der Waals surface area contributed by atoms with E-state index < -0.39 is 10.2 Å². The van der Waals surface area contributed by atoms with E-state index in [2.05, 4.69) is 19.3 Å². The van der Waals surface area contributed by atoms with E-state index >= 15 is 0 Å². The minimum absolute atomic E-state index is 0.114. The average molecular weight is 477 g/mol. The fraction of sp³-hybridized carbons (Fsp3) is 0.167. The normalized spacial score (nSPS) is 16.0. The topological polar surface area (TPSA) is 138 Å². The average Bonchev–Trinajstić information content (AvgIpc) is 3.15. The summed E-state index contributed by atoms with van der Waals surface area (Å²) in [6, 6.07) is 17.5. The number of aromatic nitrogens is 3. The van der Waals surface area contributed by atoms with Gasteiger partial charge in [-0.15, -0.1) is 0 Å². The molecule has 0 saturated heterocycles. The maximum atomic E-state index is 11.1. The first kappa shape index (κ1) is 21.9. The van der Waals surface area contributed by atoms with Crippen molar-refractivity contribution in [2.75, 3.05) is 5.73 Å². The van der Waals surface area contributed by atoms with Crippen molar-refractivity contribution < 1.29 is 13.2 Å². The number of nitrogen functional groups attached to an aromatic ring is 1. The quantitative estimate of drug-likeness (QED) is 0.390. The van der Waals surface area contributed by atoms with Crippen molar-refractivity contribution in [2.45, 2.75) is 19.4 Å². The zero-order chi connectivity index (χ0) is 23.7. The molecule has 34 heavy (non-hydrogen) atoms. The van der Waals surface area contributed by atoms with Crippen molar-refractivity contribution >= 4 is 27.1 Å². The first-order valence-electron chi connectivity index (χ1n) is 10.8. The summed E-state index contributed by atoms with van der Waals surface area (Å²) in [6.07, 6.45) is 6.28. The van der Waals surface area contributed by atoms with Crippen LogP contribution in [-0.2, 0) is 23.2 Å². The second-order valence-electron chi connectivity index (χ2n) is 8.15. The number of para-hydroxylation sites is 1. The molecule has 1 aliphatic heterocycles. The van der Waals surface area contributed by atoms with Gasteiger partial charge in [0, 0.05) is 24.0 Å². The number of allylic oxidation sites excluding steroid dienone is 1. The first-order chi connectivity index (χ1) is 16.4. The molecule has 0 fully saturated rings. The molecule has 0 spiro atoms. The molecule has 0 radical (unpaired) electrons. The molecular formula is C24H24N6O3S. The summed E-state index contributed by atoms with van der Waals surface area (Å²) in [6.45, 7) is 0.639. The van der Waals surface area contributed by atoms with Crippen LogP contribution in [0.2, 0.25) is 0 Å². The van der Waals surface area contributed by atoms with E-state index in [9.17, 15) is 8.42 Å². The van der Waals surface area contributed by atoms with Crippen molar-refractivity contribution in [2.24, 2.45) is 11.1 Å². The third-order valence-electron chi connectivity index (χ3n) is 5.87. The van der Waals surface area contributed by atoms with Gasteiger partial charge in [0.05, 0.1) is 5.39 Å². The molecule has 9 nitrogen and oxygen atoms in total. The summed E-state index contributed by atoms with van der Waals surface area (Å²) in [4.78, 5) is 8.75. The van der Waals surface area contributed by atoms with Gasteiger partial charge in [0.25, 0.3) is 10.2 Å². The van der Waals surface area contributed by atoms with Gasteiger partial charge in [0.15, 0.2) is 0 Å². The number of nitrogens with zero attached hydrogens (tertiary/aromatic N) is 3. The van der Waals surface area contributed by atoms with Gasteiger partial charge < -0.3 is 15.0 Å². The molecule has 1 aliphatic rings. The number of fused-ring (bicyclic) bond motifs is 3. The predicted octanol–water partition coefficient (Wildman–Crippen LogP) is 3.34. The Hall–Kier alpha value is -3.89. The number of anilines is 1. The molecule has 5 rings (SSSR count). The fourth-order valence-corrected chi connectivity index (χ4v) is 4.67. The van der Waals surface area contributed by atoms with E-state index in [-0.39, 0.29) is 5.92 Å². The number of ether oxygens (including phenoxy) is 1. The Morgan fingerprint density at radius 2 is 1.79 bits per heavy atom. The minimum atomic E-state index is -3.77. The van der Waals surface area contributed by atoms with Crippen molar-refractivity contribution in [3.63, 3.8) is 0 Å². The third-order valence-corrected chi connectivity index (χ3v) is 6.33. The molecule has 0 aliphatic carbocycles. The Morgan fingerprint density at radius 3 is 2.53 bits per heavy atom. The van der Waals surface area contributed by atoms with Gasteiger partial charge in [-0.2, -0.15) is 8.42 Å². The van der Waals surface area contributed by atoms with Crippen LogP contribution >= 0.6 is 0 Å². The van der Waals surface area contributed by atoms with Crippen LogP contribution in [0, 0.1) is 5.92 Å². The number of benzene rings is 2. The largest absolute Gasteiger partial charge is 0.457 e. The predicted molar refractivity (Wildman–Crippen MR) is 131 cm³/mol. The van der Waals surface area contributed by atoms with E-state index in [0.717, 1.165) is 52.2 Å². The van der Waals surface area contributed by atoms with Gasteiger partial charge in [-0.05, 0) is 48.6 Å². The summed E-state index contributed by atoms with van der Waals surface area (Å²) in [7, 11) is -3.77. The van der Waals surface area contributed by atoms with E-state index in [1.807, 2.05) is 60.7 Å². The van der Waals surface area contributed by atoms with Gasteiger partial charge in [0.1, 0.15) is 29.3 Å². The maximum Gasteiger partial charge on any atom is 0.296 e. The summed E-state index contributed by atoms with van der Waals surface area (Å²) in [5.74, 6) is 2.05. The van der Waals surface area contributed by atoms with E-state index in [4.69, 9.17) is 15.6 Å². The Balaban J connectivity index is 1.49. The minimum Gasteiger partial charge on any atom is -0.457 e. The molecule has 2 aromatic carbocycles. The maximum absolute atomic E-state index is 11.1. The van der Waals surface area contributed by atoms with Crippen molar-refractivity contribution in [3.8, 4) is 22.6 Å². The number of hydrogen-bond acceptors (Lipinski definition) is 6. The number of nitrogens with two attached hydrogens (primary N) is 2. The van der Waals surface area contributed by atoms with Gasteiger partial charge in [-0.25, -0.2) is 15.1 Å². The molecule has 0 saturated carbocycles. The van der Waals surface area contributed by atoms with Crippen molar-refractivity contribution in [1.82, 2.24) is 19.3 Å². The van der Waals surface area contributed by atoms with Gasteiger partial charge >= 0.3 is 0 Å². The molecule has 2 aromatic heterocycles. The van der Waals surface area contributed by atoms with E-state index in [0.29, 0.717) is 12.4 Å². The van der Waals surface area contributed by atoms with Crippen LogP contribution in [0.5, 0.6) is 11.5 Å². The highest BCUT2D eigenvalue weighted by Gasteiger charge is 2.27. The monoisotopic (exact) mass is 476 g/mol. The number of nitrogens with one attached hydrogen (secondary N) is 1. The van der Waals surface area contributed by atoms with Crippen LogP contribution in [-0.4, -0.2) is 23.0 Å². The molecule has 3 heterocycles. The van der Waals surface area contributed by atoms with Crippen LogP contribution in [0.15, 0.2) is 73.2 Å². The zero-order valence-electron chi connectivity index (χ0n) is 18.3. The molecule has 0 bridgehead atoms. The number of hydrogen-bond donors (Lipinski definition) is 3. The van der Waals surface area contributed by atoms with E-state index in [1.165, 1.54) is 12.5 Å². The third kappa shape index (κ3) is 4.45. The second kappa shape index (κ2) is 8.81. The van der Waals surface area contributed by atoms with Crippen LogP contribution in [0.3, 0.4) is 0 Å². The molecule has 10 heteroatoms. The molecule has 174 valence electrons. The summed E-state index contributed by atoms with van der Waals surface area (Å²) < 4.78 is 32.6. The molecule has 0 unspecified atom stereocenters. The van der Waals surface area contributed by atoms with Gasteiger partial charge in [-0.3, -0.25) is 4.72 Å².